The van der Waals surface area contributed by atoms with Crippen LogP contribution in [0.1, 0.15) is 38.8 Å². The highest BCUT2D eigenvalue weighted by Crippen LogP contribution is 2.27. The van der Waals surface area contributed by atoms with E-state index in [2.05, 4.69) is 58.3 Å². The van der Waals surface area contributed by atoms with Crippen LogP contribution in [0, 0.1) is 0 Å². The molecular weight excluding hydrogens is 414 g/mol. The summed E-state index contributed by atoms with van der Waals surface area (Å²) in [4.78, 5) is 20.6. The van der Waals surface area contributed by atoms with Gasteiger partial charge in [0.15, 0.2) is 17.0 Å². The number of pyridine rings is 1. The third kappa shape index (κ3) is 4.96. The maximum absolute atomic E-state index is 9.63. The number of aliphatic hydroxyl groups is 1. The lowest BCUT2D eigenvalue weighted by molar-refractivity contribution is 0.271. The van der Waals surface area contributed by atoms with Crippen LogP contribution in [0.5, 0.6) is 0 Å². The third-order valence-electron chi connectivity index (χ3n) is 5.70. The van der Waals surface area contributed by atoms with Crippen LogP contribution in [-0.2, 0) is 6.54 Å². The number of rotatable bonds is 9. The second kappa shape index (κ2) is 9.95. The van der Waals surface area contributed by atoms with Crippen LogP contribution in [0.3, 0.4) is 0 Å². The Labute approximate surface area is 194 Å². The number of imidazole rings is 1. The first kappa shape index (κ1) is 22.7. The predicted octanol–water partition coefficient (Wildman–Crippen LogP) is 4.29. The summed E-state index contributed by atoms with van der Waals surface area (Å²) < 4.78 is 2.04. The average molecular weight is 446 g/mol. The molecule has 0 aliphatic rings. The van der Waals surface area contributed by atoms with Crippen LogP contribution in [0.2, 0.25) is 0 Å². The van der Waals surface area contributed by atoms with E-state index < -0.39 is 0 Å². The van der Waals surface area contributed by atoms with Crippen molar-refractivity contribution in [2.75, 3.05) is 23.9 Å². The first-order chi connectivity index (χ1) is 16.0. The standard InChI is InChI=1S/C25H31N7O/c1-5-20(15-33)28-25-29-23(22-24(30-25)32(16-27-22)17(2)3)31(4)14-18-9-11-19(12-10-18)21-8-6-7-13-26-21/h6-13,16-17,20,33H,5,14-15H2,1-4H3,(H,28,29,30)/t20-/m0/s1. The zero-order valence-corrected chi connectivity index (χ0v) is 19.6. The van der Waals surface area contributed by atoms with Gasteiger partial charge in [0, 0.05) is 31.4 Å². The molecule has 172 valence electrons. The van der Waals surface area contributed by atoms with Gasteiger partial charge in [-0.05, 0) is 38.0 Å². The first-order valence-corrected chi connectivity index (χ1v) is 11.3. The molecule has 1 aromatic carbocycles. The van der Waals surface area contributed by atoms with E-state index in [4.69, 9.17) is 9.97 Å². The van der Waals surface area contributed by atoms with Gasteiger partial charge in [0.05, 0.1) is 24.7 Å². The molecule has 8 heteroatoms. The van der Waals surface area contributed by atoms with Crippen molar-refractivity contribution in [3.8, 4) is 11.3 Å². The topological polar surface area (TPSA) is 92.0 Å². The number of benzene rings is 1. The van der Waals surface area contributed by atoms with Crippen molar-refractivity contribution in [3.63, 3.8) is 0 Å². The van der Waals surface area contributed by atoms with Crippen molar-refractivity contribution in [3.05, 3.63) is 60.6 Å². The number of fused-ring (bicyclic) bond motifs is 1. The molecule has 0 spiro atoms. The molecular formula is C25H31N7O. The molecule has 4 rings (SSSR count). The quantitative estimate of drug-likeness (QED) is 0.397. The molecule has 0 aliphatic carbocycles. The van der Waals surface area contributed by atoms with Crippen LogP contribution >= 0.6 is 0 Å². The van der Waals surface area contributed by atoms with Gasteiger partial charge in [-0.1, -0.05) is 37.3 Å². The minimum atomic E-state index is -0.102. The molecule has 0 amide bonds. The van der Waals surface area contributed by atoms with E-state index in [-0.39, 0.29) is 18.7 Å². The largest absolute Gasteiger partial charge is 0.394 e. The number of nitrogens with one attached hydrogen (secondary N) is 1. The Morgan fingerprint density at radius 1 is 1.06 bits per heavy atom. The van der Waals surface area contributed by atoms with Crippen LogP contribution in [0.25, 0.3) is 22.4 Å². The molecule has 3 aromatic heterocycles. The van der Waals surface area contributed by atoms with Crippen molar-refractivity contribution in [1.82, 2.24) is 24.5 Å². The molecule has 0 saturated carbocycles. The maximum Gasteiger partial charge on any atom is 0.227 e. The third-order valence-corrected chi connectivity index (χ3v) is 5.70. The average Bonchev–Trinajstić information content (AvgIpc) is 3.27. The normalized spacial score (nSPS) is 12.3. The lowest BCUT2D eigenvalue weighted by Crippen LogP contribution is -2.25. The summed E-state index contributed by atoms with van der Waals surface area (Å²) in [5.74, 6) is 1.25. The van der Waals surface area contributed by atoms with Gasteiger partial charge < -0.3 is 19.9 Å². The lowest BCUT2D eigenvalue weighted by atomic mass is 10.1. The zero-order chi connectivity index (χ0) is 23.4. The van der Waals surface area contributed by atoms with E-state index in [9.17, 15) is 5.11 Å². The molecule has 0 unspecified atom stereocenters. The SMILES string of the molecule is CC[C@@H](CO)Nc1nc(N(C)Cc2ccc(-c3ccccn3)cc2)c2ncn(C(C)C)c2n1. The highest BCUT2D eigenvalue weighted by atomic mass is 16.3. The van der Waals surface area contributed by atoms with Gasteiger partial charge >= 0.3 is 0 Å². The minimum absolute atomic E-state index is 0.0229. The lowest BCUT2D eigenvalue weighted by Gasteiger charge is -2.21. The highest BCUT2D eigenvalue weighted by molar-refractivity contribution is 5.85. The maximum atomic E-state index is 9.63. The number of nitrogens with zero attached hydrogens (tertiary/aromatic N) is 6. The number of aromatic nitrogens is 5. The predicted molar refractivity (Wildman–Crippen MR) is 132 cm³/mol. The van der Waals surface area contributed by atoms with Crippen LogP contribution in [0.15, 0.2) is 55.0 Å². The Kier molecular flexibility index (Phi) is 6.84. The molecule has 0 fully saturated rings. The first-order valence-electron chi connectivity index (χ1n) is 11.3. The van der Waals surface area contributed by atoms with Gasteiger partial charge in [0.1, 0.15) is 0 Å². The summed E-state index contributed by atoms with van der Waals surface area (Å²) in [7, 11) is 2.01. The van der Waals surface area contributed by atoms with E-state index in [1.54, 1.807) is 6.20 Å². The van der Waals surface area contributed by atoms with E-state index in [1.165, 1.54) is 0 Å². The van der Waals surface area contributed by atoms with Crippen LogP contribution in [0.4, 0.5) is 11.8 Å². The Balaban J connectivity index is 1.64. The van der Waals surface area contributed by atoms with Crippen molar-refractivity contribution in [1.29, 1.82) is 0 Å². The number of anilines is 2. The molecule has 1 atom stereocenters. The number of aliphatic hydroxyl groups excluding tert-OH is 1. The Bertz CT molecular complexity index is 1180. The molecule has 0 bridgehead atoms. The molecule has 33 heavy (non-hydrogen) atoms. The Hall–Kier alpha value is -3.52. The molecule has 0 saturated heterocycles. The smallest absolute Gasteiger partial charge is 0.227 e. The van der Waals surface area contributed by atoms with E-state index in [0.29, 0.717) is 12.5 Å². The summed E-state index contributed by atoms with van der Waals surface area (Å²) in [6.07, 6.45) is 4.39. The van der Waals surface area contributed by atoms with Gasteiger partial charge in [0.25, 0.3) is 0 Å². The molecule has 3 heterocycles. The van der Waals surface area contributed by atoms with Gasteiger partial charge in [-0.2, -0.15) is 9.97 Å². The second-order valence-electron chi connectivity index (χ2n) is 8.49. The summed E-state index contributed by atoms with van der Waals surface area (Å²) in [5.41, 5.74) is 4.74. The molecule has 4 aromatic rings. The zero-order valence-electron chi connectivity index (χ0n) is 19.6. The van der Waals surface area contributed by atoms with E-state index >= 15 is 0 Å². The van der Waals surface area contributed by atoms with Gasteiger partial charge in [-0.3, -0.25) is 4.98 Å². The fourth-order valence-corrected chi connectivity index (χ4v) is 3.73. The highest BCUT2D eigenvalue weighted by Gasteiger charge is 2.19. The molecule has 0 aliphatic heterocycles. The van der Waals surface area contributed by atoms with Crippen molar-refractivity contribution in [2.45, 2.75) is 45.8 Å². The van der Waals surface area contributed by atoms with E-state index in [1.807, 2.05) is 43.1 Å². The van der Waals surface area contributed by atoms with Crippen molar-refractivity contribution >= 4 is 22.9 Å². The summed E-state index contributed by atoms with van der Waals surface area (Å²) >= 11 is 0. The van der Waals surface area contributed by atoms with Crippen LogP contribution < -0.4 is 10.2 Å². The molecule has 8 nitrogen and oxygen atoms in total. The van der Waals surface area contributed by atoms with Gasteiger partial charge in [-0.25, -0.2) is 4.98 Å². The fourth-order valence-electron chi connectivity index (χ4n) is 3.73. The minimum Gasteiger partial charge on any atom is -0.394 e. The second-order valence-corrected chi connectivity index (χ2v) is 8.49. The van der Waals surface area contributed by atoms with Crippen molar-refractivity contribution < 1.29 is 5.11 Å². The Morgan fingerprint density at radius 3 is 2.48 bits per heavy atom. The summed E-state index contributed by atoms with van der Waals surface area (Å²) in [6, 6.07) is 14.4. The van der Waals surface area contributed by atoms with E-state index in [0.717, 1.165) is 40.2 Å². The summed E-state index contributed by atoms with van der Waals surface area (Å²) in [5, 5.41) is 12.9. The Morgan fingerprint density at radius 2 is 1.85 bits per heavy atom. The fraction of sp³-hybridized carbons (Fsp3) is 0.360. The van der Waals surface area contributed by atoms with Gasteiger partial charge in [0.2, 0.25) is 5.95 Å². The van der Waals surface area contributed by atoms with Crippen LogP contribution in [-0.4, -0.2) is 49.3 Å². The van der Waals surface area contributed by atoms with Crippen molar-refractivity contribution in [2.24, 2.45) is 0 Å². The summed E-state index contributed by atoms with van der Waals surface area (Å²) in [6.45, 7) is 6.91. The number of hydrogen-bond acceptors (Lipinski definition) is 7. The molecule has 0 radical (unpaired) electrons. The number of hydrogen-bond donors (Lipinski definition) is 2. The van der Waals surface area contributed by atoms with Gasteiger partial charge in [-0.15, -0.1) is 0 Å². The molecule has 2 N–H and O–H groups in total. The monoisotopic (exact) mass is 445 g/mol.